The molecule has 21 aliphatic heterocycles. The van der Waals surface area contributed by atoms with Crippen LogP contribution in [0.1, 0.15) is 12.8 Å². The molecule has 39 nitrogen and oxygen atoms in total. The zero-order valence-electron chi connectivity index (χ0n) is 45.2. The molecule has 0 unspecified atom stereocenters. The average Bonchev–Trinajstić information content (AvgIpc) is 2.76. The van der Waals surface area contributed by atoms with E-state index in [-0.39, 0.29) is 12.4 Å². The second kappa shape index (κ2) is 31.4. The van der Waals surface area contributed by atoms with Gasteiger partial charge in [-0.2, -0.15) is 8.42 Å². The molecule has 0 aromatic carbocycles. The van der Waals surface area contributed by atoms with E-state index < -0.39 is 271 Å². The fraction of sp³-hybridized carbons (Fsp3) is 1.00. The van der Waals surface area contributed by atoms with Gasteiger partial charge in [0, 0.05) is 6.61 Å². The van der Waals surface area contributed by atoms with Crippen LogP contribution in [0.25, 0.3) is 0 Å². The Balaban J connectivity index is 0.00000109. The van der Waals surface area contributed by atoms with Crippen molar-refractivity contribution in [2.24, 2.45) is 0 Å². The highest BCUT2D eigenvalue weighted by molar-refractivity contribution is 7.85. The van der Waals surface area contributed by atoms with Crippen molar-refractivity contribution in [2.45, 2.75) is 228 Å². The first-order valence-electron chi connectivity index (χ1n) is 27.2. The summed E-state index contributed by atoms with van der Waals surface area (Å²) in [5.41, 5.74) is 0. The minimum absolute atomic E-state index is 0.0322. The smallest absolute Gasteiger partial charge is 0.264 e. The van der Waals surface area contributed by atoms with Gasteiger partial charge < -0.3 is 179 Å². The highest BCUT2D eigenvalue weighted by atomic mass is 32.2. The lowest BCUT2D eigenvalue weighted by Gasteiger charge is -2.50. The Kier molecular flexibility index (Phi) is 26.2. The molecular weight excluding hydrogens is 1210 g/mol. The van der Waals surface area contributed by atoms with E-state index in [2.05, 4.69) is 0 Å². The quantitative estimate of drug-likeness (QED) is 0.0675. The van der Waals surface area contributed by atoms with Crippen molar-refractivity contribution in [1.29, 1.82) is 0 Å². The Hall–Kier alpha value is -1.53. The van der Waals surface area contributed by atoms with Crippen LogP contribution in [0.5, 0.6) is 0 Å². The first-order valence-corrected chi connectivity index (χ1v) is 28.8. The number of unbranched alkanes of at least 4 members (excludes halogenated alkanes) is 1. The summed E-state index contributed by atoms with van der Waals surface area (Å²) in [6.45, 7) is -7.36. The molecule has 0 aliphatic carbocycles. The van der Waals surface area contributed by atoms with Crippen LogP contribution >= 0.6 is 0 Å². The predicted octanol–water partition coefficient (Wildman–Crippen LogP) is -15.6. The SMILES string of the molecule is O=S(=O)(O)CCCCO.OC[C@H]1O[C@@H]2O[C@H]3[C@H](O)[C@@H](O)[C@@H](O[C@H]4[C@H](O)[C@@H](O)[C@@H](O[C@H]5[C@H](O)[C@@H](O)[C@@H](O[C@H]6[C@H](O)[C@@H](O)[C@@H](O[C@H]7[C@H](O)[C@@H](O)[C@@H](O[C@H]8[C@H](O)[C@@H](O)[C@@H](O[C@H]1[C@H](O)[C@H]2O)O[C@@H]8CO)O[C@@H]7CO)O[C@@H]6CO)O[C@@H]5CO)O[C@@H]4CO)O[C@@H]3CO. The van der Waals surface area contributed by atoms with Gasteiger partial charge in [0.2, 0.25) is 0 Å². The monoisotopic (exact) mass is 1290 g/mol. The third-order valence-electron chi connectivity index (χ3n) is 15.6. The van der Waals surface area contributed by atoms with Crippen molar-refractivity contribution in [2.75, 3.05) is 58.6 Å². The van der Waals surface area contributed by atoms with Crippen LogP contribution < -0.4 is 0 Å². The zero-order chi connectivity index (χ0) is 63.4. The highest BCUT2D eigenvalue weighted by Crippen LogP contribution is 2.39. The van der Waals surface area contributed by atoms with Crippen LogP contribution in [0.2, 0.25) is 0 Å². The van der Waals surface area contributed by atoms with Crippen molar-refractivity contribution in [1.82, 2.24) is 0 Å². The lowest BCUT2D eigenvalue weighted by atomic mass is 9.95. The largest absolute Gasteiger partial charge is 0.396 e. The standard InChI is InChI=1S/C42H70O35.C4H10O4S/c43-1-8-29-15(50)22(57)36(64-8)72-30-9(2-44)66-38(24(59)17(30)52)74-32-11(4-46)68-40(26(61)19(32)54)76-34-13(6-48)70-42(28(63)21(34)56)77-35-14(7-49)69-41(27(62)20(35)55)75-33-12(5-47)67-39(25(60)18(33)53)73-31-10(3-45)65-37(71-29)23(58)16(31)51;5-3-1-2-4-9(6,7)8/h8-63H,1-7H2;5H,1-4H2,(H,6,7,8)/t8-,9-,10-,11-,12-,13-,14-,15-,16-,17-,18-,19-,20-,21-,22-,23-,24-,25-,26-,27-,28-,29-,30-,31-,32-,33-,34-,35-,36-,37-,38-,39-,40-,41-,42-;/m1./s1. The fourth-order valence-corrected chi connectivity index (χ4v) is 11.4. The second-order valence-electron chi connectivity index (χ2n) is 21.4. The van der Waals surface area contributed by atoms with E-state index in [1.807, 2.05) is 0 Å². The van der Waals surface area contributed by atoms with Gasteiger partial charge in [-0.1, -0.05) is 0 Å². The first kappa shape index (κ1) is 71.9. The molecule has 0 spiro atoms. The first-order chi connectivity index (χ1) is 40.7. The summed E-state index contributed by atoms with van der Waals surface area (Å²) < 4.78 is 108. The van der Waals surface area contributed by atoms with Crippen LogP contribution in [0, 0.1) is 0 Å². The topological polar surface area (TPSA) is 629 Å². The van der Waals surface area contributed by atoms with Gasteiger partial charge in [-0.25, -0.2) is 0 Å². The number of hydrogen-bond donors (Lipinski definition) is 23. The Morgan fingerprint density at radius 1 is 0.233 bits per heavy atom. The summed E-state index contributed by atoms with van der Waals surface area (Å²) >= 11 is 0. The summed E-state index contributed by atoms with van der Waals surface area (Å²) in [4.78, 5) is 0. The van der Waals surface area contributed by atoms with E-state index in [9.17, 15) is 116 Å². The highest BCUT2D eigenvalue weighted by Gasteiger charge is 2.59. The lowest BCUT2D eigenvalue weighted by Crippen LogP contribution is -2.68. The number of aliphatic hydroxyl groups excluding tert-OH is 22. The van der Waals surface area contributed by atoms with Crippen LogP contribution in [0.4, 0.5) is 0 Å². The summed E-state index contributed by atoms with van der Waals surface area (Å²) in [5, 5.41) is 238. The van der Waals surface area contributed by atoms with Gasteiger partial charge >= 0.3 is 0 Å². The molecule has 504 valence electrons. The van der Waals surface area contributed by atoms with Crippen LogP contribution in [0.15, 0.2) is 0 Å². The number of aliphatic hydroxyl groups is 22. The molecule has 0 saturated carbocycles. The number of hydrogen-bond acceptors (Lipinski definition) is 38. The van der Waals surface area contributed by atoms with Gasteiger partial charge in [0.25, 0.3) is 10.1 Å². The van der Waals surface area contributed by atoms with E-state index in [1.165, 1.54) is 0 Å². The molecule has 0 amide bonds. The molecule has 14 bridgehead atoms. The van der Waals surface area contributed by atoms with E-state index in [4.69, 9.17) is 76.0 Å². The number of rotatable bonds is 11. The Labute approximate surface area is 487 Å². The van der Waals surface area contributed by atoms with Gasteiger partial charge in [0.1, 0.15) is 171 Å². The van der Waals surface area contributed by atoms with Gasteiger partial charge in [-0.05, 0) is 12.8 Å². The van der Waals surface area contributed by atoms with E-state index >= 15 is 0 Å². The normalized spacial score (nSPS) is 50.8. The van der Waals surface area contributed by atoms with Crippen molar-refractivity contribution in [3.63, 3.8) is 0 Å². The third kappa shape index (κ3) is 15.7. The van der Waals surface area contributed by atoms with Crippen LogP contribution in [-0.4, -0.2) is 399 Å². The minimum atomic E-state index is -3.81. The van der Waals surface area contributed by atoms with Crippen LogP contribution in [-0.2, 0) is 76.4 Å². The van der Waals surface area contributed by atoms with E-state index in [0.717, 1.165) is 0 Å². The zero-order valence-corrected chi connectivity index (χ0v) is 46.0. The number of ether oxygens (including phenoxy) is 14. The van der Waals surface area contributed by atoms with Gasteiger partial charge in [0.05, 0.1) is 52.0 Å². The van der Waals surface area contributed by atoms with Crippen molar-refractivity contribution in [3.05, 3.63) is 0 Å². The average molecular weight is 1290 g/mol. The summed E-state index contributed by atoms with van der Waals surface area (Å²) in [6, 6.07) is 0. The summed E-state index contributed by atoms with van der Waals surface area (Å²) in [5.74, 6) is -0.256. The molecule has 86 heavy (non-hydrogen) atoms. The van der Waals surface area contributed by atoms with Gasteiger partial charge in [-0.3, -0.25) is 4.55 Å². The maximum atomic E-state index is 11.3. The molecular formula is C46H80O39S. The molecule has 35 atom stereocenters. The van der Waals surface area contributed by atoms with Crippen molar-refractivity contribution >= 4 is 10.1 Å². The van der Waals surface area contributed by atoms with Crippen molar-refractivity contribution in [3.8, 4) is 0 Å². The molecule has 21 fully saturated rings. The van der Waals surface area contributed by atoms with Crippen LogP contribution in [0.3, 0.4) is 0 Å². The molecule has 0 radical (unpaired) electrons. The lowest BCUT2D eigenvalue weighted by molar-refractivity contribution is -0.396. The van der Waals surface area contributed by atoms with Crippen molar-refractivity contribution < 1.29 is 192 Å². The summed E-state index contributed by atoms with van der Waals surface area (Å²) in [6.07, 6.45) is -69.5. The fourth-order valence-electron chi connectivity index (χ4n) is 10.8. The molecule has 0 aromatic heterocycles. The maximum absolute atomic E-state index is 11.3. The third-order valence-corrected chi connectivity index (χ3v) is 16.4. The van der Waals surface area contributed by atoms with E-state index in [1.54, 1.807) is 0 Å². The Morgan fingerprint density at radius 2 is 0.384 bits per heavy atom. The molecule has 21 saturated heterocycles. The molecule has 23 N–H and O–H groups in total. The molecule has 40 heteroatoms. The predicted molar refractivity (Wildman–Crippen MR) is 261 cm³/mol. The second-order valence-corrected chi connectivity index (χ2v) is 22.9. The Morgan fingerprint density at radius 3 is 0.500 bits per heavy atom. The Bertz CT molecular complexity index is 1780. The van der Waals surface area contributed by atoms with E-state index in [0.29, 0.717) is 12.8 Å². The van der Waals surface area contributed by atoms with Gasteiger partial charge in [-0.15, -0.1) is 0 Å². The molecule has 21 heterocycles. The molecule has 21 aliphatic rings. The molecule has 21 rings (SSSR count). The van der Waals surface area contributed by atoms with Gasteiger partial charge in [0.15, 0.2) is 44.0 Å². The maximum Gasteiger partial charge on any atom is 0.264 e. The summed E-state index contributed by atoms with van der Waals surface area (Å²) in [7, 11) is -3.81. The molecule has 0 aromatic rings. The minimum Gasteiger partial charge on any atom is -0.396 e.